The lowest BCUT2D eigenvalue weighted by molar-refractivity contribution is -0.154. The third-order valence-electron chi connectivity index (χ3n) is 2.31. The number of carbonyl (C=O) groups is 3. The fourth-order valence-corrected chi connectivity index (χ4v) is 1.29. The van der Waals surface area contributed by atoms with Crippen LogP contribution in [0.1, 0.15) is 13.8 Å². The fourth-order valence-electron chi connectivity index (χ4n) is 1.29. The van der Waals surface area contributed by atoms with Gasteiger partial charge in [-0.2, -0.15) is 0 Å². The normalized spacial score (nSPS) is 17.1. The summed E-state index contributed by atoms with van der Waals surface area (Å²) in [6, 6.07) is 0. The first-order chi connectivity index (χ1) is 9.29. The number of rotatable bonds is 11. The number of hydrogen-bond acceptors (Lipinski definition) is 8. The predicted molar refractivity (Wildman–Crippen MR) is 66.0 cm³/mol. The molecule has 0 saturated heterocycles. The molecule has 0 heterocycles. The summed E-state index contributed by atoms with van der Waals surface area (Å²) in [5.41, 5.74) is 0. The van der Waals surface area contributed by atoms with Gasteiger partial charge in [-0.05, 0) is 13.8 Å². The van der Waals surface area contributed by atoms with E-state index in [0.717, 1.165) is 0 Å². The zero-order chi connectivity index (χ0) is 15.7. The molecule has 0 aromatic carbocycles. The molecule has 0 spiro atoms. The second kappa shape index (κ2) is 9.67. The van der Waals surface area contributed by atoms with Crippen molar-refractivity contribution in [1.29, 1.82) is 0 Å². The molecule has 0 bridgehead atoms. The van der Waals surface area contributed by atoms with Crippen LogP contribution in [-0.2, 0) is 23.9 Å². The zero-order valence-electron chi connectivity index (χ0n) is 11.4. The summed E-state index contributed by atoms with van der Waals surface area (Å²) in [5.74, 6) is -0.572. The molecule has 3 N–H and O–H groups in total. The van der Waals surface area contributed by atoms with E-state index in [4.69, 9.17) is 14.6 Å². The van der Waals surface area contributed by atoms with E-state index in [1.165, 1.54) is 13.8 Å². The number of hydrogen-bond donors (Lipinski definition) is 3. The Bertz CT molecular complexity index is 329. The van der Waals surface area contributed by atoms with Gasteiger partial charge < -0.3 is 29.6 Å². The van der Waals surface area contributed by atoms with Crippen molar-refractivity contribution in [3.63, 3.8) is 0 Å². The van der Waals surface area contributed by atoms with Crippen LogP contribution in [0.2, 0.25) is 0 Å². The van der Waals surface area contributed by atoms with Crippen LogP contribution in [0.25, 0.3) is 0 Å². The number of aliphatic hydroxyl groups excluding tert-OH is 3. The minimum atomic E-state index is -1.79. The highest BCUT2D eigenvalue weighted by Gasteiger charge is 2.32. The molecule has 116 valence electrons. The van der Waals surface area contributed by atoms with Crippen LogP contribution < -0.4 is 0 Å². The number of carbonyl (C=O) groups excluding carboxylic acids is 3. The highest BCUT2D eigenvalue weighted by molar-refractivity contribution is 5.77. The minimum Gasteiger partial charge on any atom is -0.387 e. The van der Waals surface area contributed by atoms with Gasteiger partial charge in [0.15, 0.2) is 17.9 Å². The lowest BCUT2D eigenvalue weighted by Gasteiger charge is -2.27. The molecule has 4 atom stereocenters. The van der Waals surface area contributed by atoms with E-state index in [1.54, 1.807) is 0 Å². The van der Waals surface area contributed by atoms with Crippen LogP contribution >= 0.6 is 0 Å². The molecule has 8 heteroatoms. The lowest BCUT2D eigenvalue weighted by atomic mass is 10.0. The van der Waals surface area contributed by atoms with E-state index in [1.807, 2.05) is 0 Å². The lowest BCUT2D eigenvalue weighted by Crippen LogP contribution is -2.48. The molecule has 0 amide bonds. The van der Waals surface area contributed by atoms with E-state index >= 15 is 0 Å². The fraction of sp³-hybridized carbons (Fsp3) is 0.750. The van der Waals surface area contributed by atoms with E-state index in [9.17, 15) is 24.6 Å². The van der Waals surface area contributed by atoms with Gasteiger partial charge in [-0.1, -0.05) is 0 Å². The molecule has 0 aliphatic carbocycles. The minimum absolute atomic E-state index is 0.0619. The van der Waals surface area contributed by atoms with Crippen molar-refractivity contribution in [2.75, 3.05) is 19.8 Å². The molecule has 0 fully saturated rings. The summed E-state index contributed by atoms with van der Waals surface area (Å²) in [4.78, 5) is 31.9. The van der Waals surface area contributed by atoms with Crippen LogP contribution in [0, 0.1) is 0 Å². The largest absolute Gasteiger partial charge is 0.387 e. The average Bonchev–Trinajstić information content (AvgIpc) is 2.39. The van der Waals surface area contributed by atoms with Gasteiger partial charge in [0.05, 0.1) is 6.61 Å². The van der Waals surface area contributed by atoms with E-state index < -0.39 is 24.4 Å². The van der Waals surface area contributed by atoms with Gasteiger partial charge in [-0.3, -0.25) is 9.59 Å². The molecule has 0 aromatic heterocycles. The molecule has 8 nitrogen and oxygen atoms in total. The van der Waals surface area contributed by atoms with E-state index in [2.05, 4.69) is 0 Å². The first kappa shape index (κ1) is 18.8. The Morgan fingerprint density at radius 2 is 1.60 bits per heavy atom. The van der Waals surface area contributed by atoms with Gasteiger partial charge in [0.25, 0.3) is 0 Å². The van der Waals surface area contributed by atoms with Gasteiger partial charge in [-0.25, -0.2) is 0 Å². The second-order valence-corrected chi connectivity index (χ2v) is 4.38. The van der Waals surface area contributed by atoms with E-state index in [-0.39, 0.29) is 37.7 Å². The van der Waals surface area contributed by atoms with Crippen molar-refractivity contribution in [1.82, 2.24) is 0 Å². The molecule has 0 aromatic rings. The monoisotopic (exact) mass is 292 g/mol. The molecule has 20 heavy (non-hydrogen) atoms. The Balaban J connectivity index is 4.58. The molecule has 0 radical (unpaired) electrons. The van der Waals surface area contributed by atoms with Crippen molar-refractivity contribution >= 4 is 17.9 Å². The molecular weight excluding hydrogens is 272 g/mol. The summed E-state index contributed by atoms with van der Waals surface area (Å²) < 4.78 is 9.99. The van der Waals surface area contributed by atoms with Crippen molar-refractivity contribution in [2.24, 2.45) is 0 Å². The first-order valence-electron chi connectivity index (χ1n) is 5.97. The quantitative estimate of drug-likeness (QED) is 0.367. The molecule has 0 aliphatic heterocycles. The summed E-state index contributed by atoms with van der Waals surface area (Å²) >= 11 is 0. The van der Waals surface area contributed by atoms with Gasteiger partial charge in [0, 0.05) is 0 Å². The predicted octanol–water partition coefficient (Wildman–Crippen LogP) is -2.15. The molecule has 0 aliphatic rings. The summed E-state index contributed by atoms with van der Waals surface area (Å²) in [5, 5.41) is 28.4. The number of Topliss-reactive ketones (excluding diaryl/α,β-unsaturated/α-hetero) is 2. The molecule has 0 unspecified atom stereocenters. The smallest absolute Gasteiger partial charge is 0.155 e. The second-order valence-electron chi connectivity index (χ2n) is 4.38. The third-order valence-corrected chi connectivity index (χ3v) is 2.31. The Morgan fingerprint density at radius 1 is 1.05 bits per heavy atom. The zero-order valence-corrected chi connectivity index (χ0v) is 11.4. The Kier molecular flexibility index (Phi) is 9.10. The number of aldehydes is 1. The summed E-state index contributed by atoms with van der Waals surface area (Å²) in [7, 11) is 0. The maximum absolute atomic E-state index is 10.8. The standard InChI is InChI=1S/C12H20O8/c1-7(14)4-19-6-10(20-5-8(2)15)12(18)11(17)9(16)3-13/h3,9-12,16-18H,4-6H2,1-2H3/t9-,10+,11+,12+/m0/s1. The first-order valence-corrected chi connectivity index (χ1v) is 5.97. The summed E-state index contributed by atoms with van der Waals surface area (Å²) in [6.07, 6.45) is -6.33. The van der Waals surface area contributed by atoms with Crippen LogP contribution in [0.4, 0.5) is 0 Å². The Labute approximate surface area is 116 Å². The Morgan fingerprint density at radius 3 is 2.05 bits per heavy atom. The van der Waals surface area contributed by atoms with Gasteiger partial charge in [-0.15, -0.1) is 0 Å². The van der Waals surface area contributed by atoms with Crippen molar-refractivity contribution in [3.8, 4) is 0 Å². The summed E-state index contributed by atoms with van der Waals surface area (Å²) in [6.45, 7) is 1.72. The van der Waals surface area contributed by atoms with Gasteiger partial charge in [0.2, 0.25) is 0 Å². The van der Waals surface area contributed by atoms with Crippen molar-refractivity contribution < 1.29 is 39.2 Å². The number of ketones is 2. The third kappa shape index (κ3) is 7.41. The van der Waals surface area contributed by atoms with Crippen LogP contribution in [0.5, 0.6) is 0 Å². The molecular formula is C12H20O8. The topological polar surface area (TPSA) is 130 Å². The molecule has 0 rings (SSSR count). The SMILES string of the molecule is CC(=O)COC[C@@H](OCC(C)=O)[C@@H](O)[C@H](O)[C@@H](O)C=O. The number of ether oxygens (including phenoxy) is 2. The van der Waals surface area contributed by atoms with Crippen molar-refractivity contribution in [2.45, 2.75) is 38.3 Å². The maximum Gasteiger partial charge on any atom is 0.155 e. The highest BCUT2D eigenvalue weighted by atomic mass is 16.5. The number of aliphatic hydroxyl groups is 3. The average molecular weight is 292 g/mol. The van der Waals surface area contributed by atoms with Gasteiger partial charge >= 0.3 is 0 Å². The molecule has 0 saturated carbocycles. The highest BCUT2D eigenvalue weighted by Crippen LogP contribution is 2.09. The van der Waals surface area contributed by atoms with Crippen LogP contribution in [0.3, 0.4) is 0 Å². The Hall–Kier alpha value is -1.19. The van der Waals surface area contributed by atoms with Gasteiger partial charge in [0.1, 0.15) is 37.6 Å². The van der Waals surface area contributed by atoms with Crippen molar-refractivity contribution in [3.05, 3.63) is 0 Å². The maximum atomic E-state index is 10.8. The van der Waals surface area contributed by atoms with E-state index in [0.29, 0.717) is 0 Å². The van der Waals surface area contributed by atoms with Crippen LogP contribution in [0.15, 0.2) is 0 Å². The van der Waals surface area contributed by atoms with Crippen LogP contribution in [-0.4, -0.2) is 77.4 Å².